The fourth-order valence-corrected chi connectivity index (χ4v) is 1.93. The zero-order valence-electron chi connectivity index (χ0n) is 10.0. The number of halogens is 1. The largest absolute Gasteiger partial charge is 0.481 e. The predicted octanol–water partition coefficient (Wildman–Crippen LogP) is 3.27. The van der Waals surface area contributed by atoms with Crippen LogP contribution in [0.15, 0.2) is 0 Å². The molecule has 0 rings (SSSR count). The van der Waals surface area contributed by atoms with Gasteiger partial charge in [0.1, 0.15) is 0 Å². The Morgan fingerprint density at radius 2 is 1.41 bits per heavy atom. The van der Waals surface area contributed by atoms with Crippen molar-refractivity contribution in [3.8, 4) is 0 Å². The van der Waals surface area contributed by atoms with Crippen molar-refractivity contribution in [1.29, 1.82) is 0 Å². The van der Waals surface area contributed by atoms with Crippen molar-refractivity contribution in [1.82, 2.24) is 0 Å². The van der Waals surface area contributed by atoms with E-state index in [-0.39, 0.29) is 18.2 Å². The van der Waals surface area contributed by atoms with Crippen LogP contribution in [-0.2, 0) is 9.59 Å². The summed E-state index contributed by atoms with van der Waals surface area (Å²) >= 11 is 5.83. The molecule has 100 valence electrons. The molecule has 1 atom stereocenters. The lowest BCUT2D eigenvalue weighted by atomic mass is 10.1. The van der Waals surface area contributed by atoms with Crippen molar-refractivity contribution in [3.63, 3.8) is 0 Å². The second-order valence-corrected chi connectivity index (χ2v) is 4.87. The Balaban J connectivity index is 3.18. The fourth-order valence-electron chi connectivity index (χ4n) is 1.64. The Morgan fingerprint density at radius 3 is 1.94 bits per heavy atom. The molecule has 0 saturated heterocycles. The van der Waals surface area contributed by atoms with E-state index in [4.69, 9.17) is 21.8 Å². The maximum absolute atomic E-state index is 10.3. The first-order chi connectivity index (χ1) is 8.02. The molecule has 0 aliphatic carbocycles. The van der Waals surface area contributed by atoms with Gasteiger partial charge in [-0.25, -0.2) is 0 Å². The van der Waals surface area contributed by atoms with Crippen LogP contribution >= 0.6 is 11.6 Å². The van der Waals surface area contributed by atoms with Gasteiger partial charge in [0.25, 0.3) is 0 Å². The van der Waals surface area contributed by atoms with Gasteiger partial charge in [-0.05, 0) is 12.8 Å². The number of hydrogen-bond acceptors (Lipinski definition) is 2. The summed E-state index contributed by atoms with van der Waals surface area (Å²) in [5, 5.41) is 16.7. The van der Waals surface area contributed by atoms with E-state index in [2.05, 4.69) is 0 Å². The van der Waals surface area contributed by atoms with Crippen molar-refractivity contribution in [2.45, 2.75) is 63.2 Å². The minimum Gasteiger partial charge on any atom is -0.481 e. The highest BCUT2D eigenvalue weighted by Gasteiger charge is 2.08. The molecule has 2 N–H and O–H groups in total. The summed E-state index contributed by atoms with van der Waals surface area (Å²) in [6, 6.07) is 0. The first-order valence-electron chi connectivity index (χ1n) is 6.10. The predicted molar refractivity (Wildman–Crippen MR) is 66.5 cm³/mol. The van der Waals surface area contributed by atoms with Crippen LogP contribution in [0.4, 0.5) is 0 Å². The molecule has 0 heterocycles. The molecule has 0 aromatic carbocycles. The molecule has 0 fully saturated rings. The third kappa shape index (κ3) is 13.2. The van der Waals surface area contributed by atoms with Crippen LogP contribution in [0.5, 0.6) is 0 Å². The topological polar surface area (TPSA) is 74.6 Å². The summed E-state index contributed by atoms with van der Waals surface area (Å²) in [6.45, 7) is 0. The average molecular weight is 265 g/mol. The highest BCUT2D eigenvalue weighted by atomic mass is 35.5. The van der Waals surface area contributed by atoms with E-state index in [9.17, 15) is 9.59 Å². The summed E-state index contributed by atoms with van der Waals surface area (Å²) < 4.78 is 0. The number of carboxylic acid groups (broad SMARTS) is 2. The molecule has 0 spiro atoms. The normalized spacial score (nSPS) is 12.3. The molecule has 0 saturated carbocycles. The molecule has 0 radical (unpaired) electrons. The van der Waals surface area contributed by atoms with Crippen LogP contribution in [0.25, 0.3) is 0 Å². The molecular formula is C12H21ClO4. The first-order valence-corrected chi connectivity index (χ1v) is 6.53. The maximum atomic E-state index is 10.3. The molecule has 0 aromatic rings. The number of carboxylic acids is 2. The lowest BCUT2D eigenvalue weighted by Gasteiger charge is -2.05. The summed E-state index contributed by atoms with van der Waals surface area (Å²) in [6.07, 6.45) is 6.80. The molecule has 0 amide bonds. The SMILES string of the molecule is O=C(O)CCCCCCCC[C@@H](Cl)CC(=O)O. The average Bonchev–Trinajstić information content (AvgIpc) is 2.20. The van der Waals surface area contributed by atoms with Crippen LogP contribution in [0.3, 0.4) is 0 Å². The lowest BCUT2D eigenvalue weighted by Crippen LogP contribution is -2.06. The van der Waals surface area contributed by atoms with Gasteiger partial charge >= 0.3 is 11.9 Å². The summed E-state index contributed by atoms with van der Waals surface area (Å²) in [7, 11) is 0. The Morgan fingerprint density at radius 1 is 0.882 bits per heavy atom. The fraction of sp³-hybridized carbons (Fsp3) is 0.833. The standard InChI is InChI=1S/C12H21ClO4/c13-10(9-12(16)17)7-5-3-1-2-4-6-8-11(14)15/h10H,1-9H2,(H,14,15)(H,16,17)/t10-/m1/s1. The number of alkyl halides is 1. The third-order valence-electron chi connectivity index (χ3n) is 2.55. The minimum atomic E-state index is -0.848. The number of hydrogen-bond donors (Lipinski definition) is 2. The minimum absolute atomic E-state index is 0.0279. The highest BCUT2D eigenvalue weighted by Crippen LogP contribution is 2.14. The third-order valence-corrected chi connectivity index (χ3v) is 2.93. The van der Waals surface area contributed by atoms with Crippen LogP contribution in [0.1, 0.15) is 57.8 Å². The summed E-state index contributed by atoms with van der Waals surface area (Å²) in [5.74, 6) is -1.58. The Labute approximate surface area is 107 Å². The van der Waals surface area contributed by atoms with Crippen LogP contribution in [0, 0.1) is 0 Å². The zero-order chi connectivity index (χ0) is 13.1. The smallest absolute Gasteiger partial charge is 0.304 e. The number of aliphatic carboxylic acids is 2. The van der Waals surface area contributed by atoms with E-state index in [1.54, 1.807) is 0 Å². The number of unbranched alkanes of at least 4 members (excludes halogenated alkanes) is 5. The van der Waals surface area contributed by atoms with Crippen molar-refractivity contribution < 1.29 is 19.8 Å². The lowest BCUT2D eigenvalue weighted by molar-refractivity contribution is -0.138. The first kappa shape index (κ1) is 16.2. The van der Waals surface area contributed by atoms with E-state index in [0.717, 1.165) is 44.9 Å². The van der Waals surface area contributed by atoms with E-state index in [0.29, 0.717) is 0 Å². The molecule has 0 aromatic heterocycles. The van der Waals surface area contributed by atoms with Gasteiger partial charge in [0.15, 0.2) is 0 Å². The van der Waals surface area contributed by atoms with Crippen molar-refractivity contribution in [2.75, 3.05) is 0 Å². The van der Waals surface area contributed by atoms with E-state index in [1.165, 1.54) is 0 Å². The zero-order valence-corrected chi connectivity index (χ0v) is 10.8. The Hall–Kier alpha value is -0.770. The van der Waals surface area contributed by atoms with E-state index >= 15 is 0 Å². The number of rotatable bonds is 11. The molecule has 5 heteroatoms. The van der Waals surface area contributed by atoms with Gasteiger partial charge in [-0.2, -0.15) is 0 Å². The van der Waals surface area contributed by atoms with Gasteiger partial charge in [-0.1, -0.05) is 32.1 Å². The van der Waals surface area contributed by atoms with Gasteiger partial charge in [0.2, 0.25) is 0 Å². The van der Waals surface area contributed by atoms with Crippen LogP contribution < -0.4 is 0 Å². The van der Waals surface area contributed by atoms with Crippen molar-refractivity contribution in [2.24, 2.45) is 0 Å². The maximum Gasteiger partial charge on any atom is 0.304 e. The monoisotopic (exact) mass is 264 g/mol. The van der Waals surface area contributed by atoms with Gasteiger partial charge < -0.3 is 10.2 Å². The summed E-state index contributed by atoms with van der Waals surface area (Å²) in [4.78, 5) is 20.6. The summed E-state index contributed by atoms with van der Waals surface area (Å²) in [5.41, 5.74) is 0. The second-order valence-electron chi connectivity index (χ2n) is 4.25. The second kappa shape index (κ2) is 10.4. The van der Waals surface area contributed by atoms with Gasteiger partial charge in [0.05, 0.1) is 6.42 Å². The van der Waals surface area contributed by atoms with E-state index in [1.807, 2.05) is 0 Å². The van der Waals surface area contributed by atoms with Crippen LogP contribution in [0.2, 0.25) is 0 Å². The Kier molecular flexibility index (Phi) is 9.92. The van der Waals surface area contributed by atoms with Gasteiger partial charge in [-0.15, -0.1) is 11.6 Å². The molecule has 0 bridgehead atoms. The quantitative estimate of drug-likeness (QED) is 0.444. The van der Waals surface area contributed by atoms with Crippen molar-refractivity contribution >= 4 is 23.5 Å². The highest BCUT2D eigenvalue weighted by molar-refractivity contribution is 6.21. The molecule has 17 heavy (non-hydrogen) atoms. The molecule has 4 nitrogen and oxygen atoms in total. The molecule has 0 aliphatic heterocycles. The molecule has 0 aliphatic rings. The number of carbonyl (C=O) groups is 2. The molecule has 0 unspecified atom stereocenters. The molecular weight excluding hydrogens is 244 g/mol. The van der Waals surface area contributed by atoms with Crippen LogP contribution in [-0.4, -0.2) is 27.5 Å². The Bertz CT molecular complexity index is 231. The van der Waals surface area contributed by atoms with E-state index < -0.39 is 11.9 Å². The van der Waals surface area contributed by atoms with Crippen molar-refractivity contribution in [3.05, 3.63) is 0 Å². The van der Waals surface area contributed by atoms with Gasteiger partial charge in [-0.3, -0.25) is 9.59 Å². The van der Waals surface area contributed by atoms with Gasteiger partial charge in [0, 0.05) is 11.8 Å².